The summed E-state index contributed by atoms with van der Waals surface area (Å²) in [4.78, 5) is 21.7. The van der Waals surface area contributed by atoms with Gasteiger partial charge in [-0.2, -0.15) is 0 Å². The number of benzene rings is 1. The Morgan fingerprint density at radius 2 is 1.64 bits per heavy atom. The molecule has 1 rings (SSSR count). The first-order chi connectivity index (χ1) is 10.4. The van der Waals surface area contributed by atoms with Gasteiger partial charge in [0.15, 0.2) is 0 Å². The van der Waals surface area contributed by atoms with Gasteiger partial charge in [-0.05, 0) is 0 Å². The third-order valence-corrected chi connectivity index (χ3v) is 3.02. The van der Waals surface area contributed by atoms with E-state index in [1.807, 2.05) is 0 Å². The van der Waals surface area contributed by atoms with Crippen LogP contribution in [0.5, 0.6) is 17.2 Å². The van der Waals surface area contributed by atoms with Crippen molar-refractivity contribution in [2.24, 2.45) is 0 Å². The van der Waals surface area contributed by atoms with Gasteiger partial charge in [0.05, 0.1) is 33.3 Å². The van der Waals surface area contributed by atoms with E-state index in [0.717, 1.165) is 0 Å². The Bertz CT molecular complexity index is 519. The van der Waals surface area contributed by atoms with E-state index in [2.05, 4.69) is 5.32 Å². The first-order valence-corrected chi connectivity index (χ1v) is 6.39. The van der Waals surface area contributed by atoms with Gasteiger partial charge in [-0.1, -0.05) is 0 Å². The van der Waals surface area contributed by atoms with Crippen LogP contribution in [-0.4, -0.2) is 49.5 Å². The molecular formula is C14H19NO7. The Labute approximate surface area is 127 Å². The molecule has 0 aliphatic heterocycles. The molecule has 0 spiro atoms. The van der Waals surface area contributed by atoms with E-state index in [4.69, 9.17) is 24.4 Å². The van der Waals surface area contributed by atoms with Crippen molar-refractivity contribution in [1.82, 2.24) is 5.32 Å². The lowest BCUT2D eigenvalue weighted by atomic mass is 10.1. The minimum absolute atomic E-state index is 0.0700. The van der Waals surface area contributed by atoms with Crippen LogP contribution in [0.4, 0.5) is 0 Å². The molecule has 0 radical (unpaired) electrons. The highest BCUT2D eigenvalue weighted by molar-refractivity contribution is 5.80. The van der Waals surface area contributed by atoms with Crippen molar-refractivity contribution in [1.29, 1.82) is 0 Å². The molecule has 0 fully saturated rings. The van der Waals surface area contributed by atoms with E-state index in [-0.39, 0.29) is 6.54 Å². The lowest BCUT2D eigenvalue weighted by Gasteiger charge is -2.17. The number of nitrogens with one attached hydrogen (secondary N) is 1. The molecule has 0 saturated carbocycles. The first kappa shape index (κ1) is 17.6. The summed E-state index contributed by atoms with van der Waals surface area (Å²) in [5, 5.41) is 20.4. The molecule has 22 heavy (non-hydrogen) atoms. The van der Waals surface area contributed by atoms with Gasteiger partial charge >= 0.3 is 11.9 Å². The molecule has 0 heterocycles. The minimum Gasteiger partial charge on any atom is -0.496 e. The monoisotopic (exact) mass is 313 g/mol. The highest BCUT2D eigenvalue weighted by Gasteiger charge is 2.22. The second kappa shape index (κ2) is 8.08. The molecule has 1 aromatic carbocycles. The molecule has 0 saturated heterocycles. The average Bonchev–Trinajstić information content (AvgIpc) is 2.49. The molecule has 0 amide bonds. The fourth-order valence-electron chi connectivity index (χ4n) is 1.90. The molecule has 1 atom stereocenters. The number of hydrogen-bond acceptors (Lipinski definition) is 6. The molecule has 8 heteroatoms. The molecule has 1 aromatic rings. The summed E-state index contributed by atoms with van der Waals surface area (Å²) in [6.07, 6.45) is -0.532. The zero-order valence-electron chi connectivity index (χ0n) is 12.6. The van der Waals surface area contributed by atoms with Crippen molar-refractivity contribution in [3.05, 3.63) is 17.7 Å². The lowest BCUT2D eigenvalue weighted by molar-refractivity contribution is -0.146. The largest absolute Gasteiger partial charge is 0.496 e. The molecular weight excluding hydrogens is 294 g/mol. The summed E-state index contributed by atoms with van der Waals surface area (Å²) in [6, 6.07) is 2.05. The number of ether oxygens (including phenoxy) is 3. The topological polar surface area (TPSA) is 114 Å². The van der Waals surface area contributed by atoms with Gasteiger partial charge in [0, 0.05) is 18.7 Å². The Kier molecular flexibility index (Phi) is 6.46. The van der Waals surface area contributed by atoms with E-state index >= 15 is 0 Å². The van der Waals surface area contributed by atoms with Gasteiger partial charge in [-0.25, -0.2) is 0 Å². The average molecular weight is 313 g/mol. The van der Waals surface area contributed by atoms with Gasteiger partial charge < -0.3 is 24.4 Å². The van der Waals surface area contributed by atoms with Crippen LogP contribution in [0.15, 0.2) is 12.1 Å². The maximum atomic E-state index is 11.1. The number of aliphatic carboxylic acids is 2. The number of hydrogen-bond donors (Lipinski definition) is 3. The third-order valence-electron chi connectivity index (χ3n) is 3.02. The number of carbonyl (C=O) groups is 2. The molecule has 0 bridgehead atoms. The van der Waals surface area contributed by atoms with Crippen LogP contribution < -0.4 is 19.5 Å². The fourth-order valence-corrected chi connectivity index (χ4v) is 1.90. The Morgan fingerprint density at radius 1 is 1.09 bits per heavy atom. The van der Waals surface area contributed by atoms with Crippen LogP contribution >= 0.6 is 0 Å². The van der Waals surface area contributed by atoms with Crippen molar-refractivity contribution in [2.45, 2.75) is 19.0 Å². The Hall–Kier alpha value is -2.48. The molecule has 122 valence electrons. The van der Waals surface area contributed by atoms with Crippen LogP contribution in [0.1, 0.15) is 12.0 Å². The zero-order chi connectivity index (χ0) is 16.7. The molecule has 3 N–H and O–H groups in total. The van der Waals surface area contributed by atoms with E-state index in [9.17, 15) is 9.59 Å². The summed E-state index contributed by atoms with van der Waals surface area (Å²) in [5.74, 6) is -1.02. The van der Waals surface area contributed by atoms with Gasteiger partial charge in [-0.3, -0.25) is 14.9 Å². The number of methoxy groups -OCH3 is 3. The molecule has 8 nitrogen and oxygen atoms in total. The van der Waals surface area contributed by atoms with Crippen molar-refractivity contribution in [2.75, 3.05) is 21.3 Å². The van der Waals surface area contributed by atoms with E-state index < -0.39 is 24.4 Å². The predicted molar refractivity (Wildman–Crippen MR) is 76.6 cm³/mol. The number of carboxylic acid groups (broad SMARTS) is 2. The molecule has 0 aliphatic carbocycles. The van der Waals surface area contributed by atoms with E-state index in [1.54, 1.807) is 12.1 Å². The summed E-state index contributed by atoms with van der Waals surface area (Å²) in [5.41, 5.74) is 0.572. The number of carboxylic acids is 2. The SMILES string of the molecule is COc1cc(OC)c(CNC(CC(=O)O)C(=O)O)c(OC)c1. The quantitative estimate of drug-likeness (QED) is 0.611. The number of rotatable bonds is 9. The van der Waals surface area contributed by atoms with E-state index in [0.29, 0.717) is 22.8 Å². The minimum atomic E-state index is -1.24. The third kappa shape index (κ3) is 4.52. The Morgan fingerprint density at radius 3 is 2.00 bits per heavy atom. The summed E-state index contributed by atoms with van der Waals surface area (Å²) >= 11 is 0. The van der Waals surface area contributed by atoms with Gasteiger partial charge in [0.2, 0.25) is 0 Å². The van der Waals surface area contributed by atoms with Crippen LogP contribution in [0.3, 0.4) is 0 Å². The van der Waals surface area contributed by atoms with Crippen LogP contribution in [0, 0.1) is 0 Å². The van der Waals surface area contributed by atoms with Crippen molar-refractivity contribution in [3.8, 4) is 17.2 Å². The van der Waals surface area contributed by atoms with Crippen molar-refractivity contribution < 1.29 is 34.0 Å². The van der Waals surface area contributed by atoms with Gasteiger partial charge in [0.25, 0.3) is 0 Å². The Balaban J connectivity index is 3.00. The fraction of sp³-hybridized carbons (Fsp3) is 0.429. The van der Waals surface area contributed by atoms with Crippen LogP contribution in [-0.2, 0) is 16.1 Å². The second-order valence-electron chi connectivity index (χ2n) is 4.38. The molecule has 0 aliphatic rings. The lowest BCUT2D eigenvalue weighted by Crippen LogP contribution is -2.38. The van der Waals surface area contributed by atoms with Gasteiger partial charge in [-0.15, -0.1) is 0 Å². The van der Waals surface area contributed by atoms with Gasteiger partial charge in [0.1, 0.15) is 23.3 Å². The summed E-state index contributed by atoms with van der Waals surface area (Å²) < 4.78 is 15.6. The smallest absolute Gasteiger partial charge is 0.321 e. The van der Waals surface area contributed by atoms with Crippen molar-refractivity contribution in [3.63, 3.8) is 0 Å². The summed E-state index contributed by atoms with van der Waals surface area (Å²) in [6.45, 7) is 0.0700. The maximum absolute atomic E-state index is 11.1. The summed E-state index contributed by atoms with van der Waals surface area (Å²) in [7, 11) is 4.42. The normalized spacial score (nSPS) is 11.6. The highest BCUT2D eigenvalue weighted by atomic mass is 16.5. The second-order valence-corrected chi connectivity index (χ2v) is 4.38. The predicted octanol–water partition coefficient (Wildman–Crippen LogP) is 0.730. The van der Waals surface area contributed by atoms with E-state index in [1.165, 1.54) is 21.3 Å². The highest BCUT2D eigenvalue weighted by Crippen LogP contribution is 2.33. The standard InChI is InChI=1S/C14H19NO7/c1-20-8-4-11(21-2)9(12(5-8)22-3)7-15-10(14(18)19)6-13(16)17/h4-5,10,15H,6-7H2,1-3H3,(H,16,17)(H,18,19). The van der Waals surface area contributed by atoms with Crippen LogP contribution in [0.25, 0.3) is 0 Å². The van der Waals surface area contributed by atoms with Crippen LogP contribution in [0.2, 0.25) is 0 Å². The molecule has 1 unspecified atom stereocenters. The van der Waals surface area contributed by atoms with Crippen molar-refractivity contribution >= 4 is 11.9 Å². The zero-order valence-corrected chi connectivity index (χ0v) is 12.6. The molecule has 0 aromatic heterocycles. The maximum Gasteiger partial charge on any atom is 0.321 e. The first-order valence-electron chi connectivity index (χ1n) is 6.39.